The molecule has 2 heterocycles. The van der Waals surface area contributed by atoms with Crippen molar-refractivity contribution in [3.05, 3.63) is 59.7 Å². The molecular weight excluding hydrogens is 454 g/mol. The van der Waals surface area contributed by atoms with Gasteiger partial charge in [0.15, 0.2) is 0 Å². The molecule has 182 valence electrons. The lowest BCUT2D eigenvalue weighted by Gasteiger charge is -2.37. The minimum absolute atomic E-state index is 0.0212. The summed E-state index contributed by atoms with van der Waals surface area (Å²) in [6, 6.07) is 14.1. The van der Waals surface area contributed by atoms with Crippen LogP contribution in [-0.2, 0) is 14.8 Å². The highest BCUT2D eigenvalue weighted by molar-refractivity contribution is 7.94. The maximum Gasteiger partial charge on any atom is 0.251 e. The number of likely N-dealkylation sites (tertiary alicyclic amines) is 1. The summed E-state index contributed by atoms with van der Waals surface area (Å²) in [4.78, 5) is 27.3. The Morgan fingerprint density at radius 2 is 1.74 bits per heavy atom. The first-order chi connectivity index (χ1) is 16.3. The number of carbonyl (C=O) groups is 2. The van der Waals surface area contributed by atoms with E-state index in [1.807, 2.05) is 24.3 Å². The van der Waals surface area contributed by atoms with Gasteiger partial charge >= 0.3 is 0 Å². The highest BCUT2D eigenvalue weighted by Gasteiger charge is 2.36. The van der Waals surface area contributed by atoms with Crippen LogP contribution in [0.3, 0.4) is 0 Å². The molecule has 2 aliphatic heterocycles. The summed E-state index contributed by atoms with van der Waals surface area (Å²) >= 11 is 0. The van der Waals surface area contributed by atoms with Crippen LogP contribution in [0.25, 0.3) is 0 Å². The number of hydrogen-bond donors (Lipinski definition) is 1. The van der Waals surface area contributed by atoms with Gasteiger partial charge in [-0.2, -0.15) is 0 Å². The SMILES string of the molecule is COc1ccc([C@@H](CNC(=O)c2ccc(N3C(=O)CCS3(=O)=O)cc2)N2CCC(C)CC2)cc1. The van der Waals surface area contributed by atoms with Gasteiger partial charge in [0, 0.05) is 18.5 Å². The van der Waals surface area contributed by atoms with Gasteiger partial charge in [0.2, 0.25) is 15.9 Å². The van der Waals surface area contributed by atoms with E-state index in [2.05, 4.69) is 17.1 Å². The van der Waals surface area contributed by atoms with Gasteiger partial charge in [0.1, 0.15) is 5.75 Å². The average molecular weight is 486 g/mol. The predicted molar refractivity (Wildman–Crippen MR) is 130 cm³/mol. The molecular formula is C25H31N3O5S. The summed E-state index contributed by atoms with van der Waals surface area (Å²) in [6.07, 6.45) is 2.23. The quantitative estimate of drug-likeness (QED) is 0.648. The number of anilines is 1. The molecule has 0 bridgehead atoms. The van der Waals surface area contributed by atoms with Crippen molar-refractivity contribution in [2.24, 2.45) is 5.92 Å². The number of nitrogens with zero attached hydrogens (tertiary/aromatic N) is 2. The summed E-state index contributed by atoms with van der Waals surface area (Å²) in [5.41, 5.74) is 1.79. The maximum atomic E-state index is 12.9. The molecule has 2 aromatic rings. The van der Waals surface area contributed by atoms with Crippen LogP contribution in [0.4, 0.5) is 5.69 Å². The second-order valence-corrected chi connectivity index (χ2v) is 10.9. The van der Waals surface area contributed by atoms with E-state index in [1.165, 1.54) is 12.1 Å². The van der Waals surface area contributed by atoms with E-state index in [-0.39, 0.29) is 29.8 Å². The van der Waals surface area contributed by atoms with Crippen molar-refractivity contribution < 1.29 is 22.7 Å². The van der Waals surface area contributed by atoms with Crippen LogP contribution in [0.15, 0.2) is 48.5 Å². The van der Waals surface area contributed by atoms with Crippen molar-refractivity contribution in [2.45, 2.75) is 32.2 Å². The van der Waals surface area contributed by atoms with Gasteiger partial charge in [-0.15, -0.1) is 0 Å². The Hall–Kier alpha value is -2.91. The minimum atomic E-state index is -3.63. The monoisotopic (exact) mass is 485 g/mol. The van der Waals surface area contributed by atoms with E-state index in [4.69, 9.17) is 4.74 Å². The van der Waals surface area contributed by atoms with Crippen LogP contribution in [0, 0.1) is 5.92 Å². The van der Waals surface area contributed by atoms with E-state index in [1.54, 1.807) is 19.2 Å². The summed E-state index contributed by atoms with van der Waals surface area (Å²) < 4.78 is 30.4. The molecule has 9 heteroatoms. The molecule has 8 nitrogen and oxygen atoms in total. The van der Waals surface area contributed by atoms with Gasteiger partial charge in [-0.3, -0.25) is 14.5 Å². The molecule has 1 N–H and O–H groups in total. The van der Waals surface area contributed by atoms with Crippen molar-refractivity contribution in [3.63, 3.8) is 0 Å². The van der Waals surface area contributed by atoms with Gasteiger partial charge < -0.3 is 10.1 Å². The molecule has 1 atom stereocenters. The average Bonchev–Trinajstić information content (AvgIpc) is 3.12. The third kappa shape index (κ3) is 5.26. The Morgan fingerprint density at radius 3 is 2.29 bits per heavy atom. The number of hydrogen-bond acceptors (Lipinski definition) is 6. The number of piperidine rings is 1. The van der Waals surface area contributed by atoms with E-state index < -0.39 is 15.9 Å². The first-order valence-corrected chi connectivity index (χ1v) is 13.2. The van der Waals surface area contributed by atoms with Crippen LogP contribution >= 0.6 is 0 Å². The number of rotatable bonds is 7. The Labute approximate surface area is 200 Å². The van der Waals surface area contributed by atoms with Gasteiger partial charge in [-0.25, -0.2) is 12.7 Å². The molecule has 2 aromatic carbocycles. The fourth-order valence-corrected chi connectivity index (χ4v) is 5.99. The lowest BCUT2D eigenvalue weighted by molar-refractivity contribution is -0.116. The Kier molecular flexibility index (Phi) is 7.23. The fourth-order valence-electron chi connectivity index (χ4n) is 4.53. The summed E-state index contributed by atoms with van der Waals surface area (Å²) in [5, 5.41) is 3.04. The van der Waals surface area contributed by atoms with Crippen LogP contribution in [-0.4, -0.2) is 57.6 Å². The number of carbonyl (C=O) groups excluding carboxylic acids is 2. The summed E-state index contributed by atoms with van der Waals surface area (Å²) in [6.45, 7) is 4.66. The second-order valence-electron chi connectivity index (χ2n) is 8.99. The zero-order chi connectivity index (χ0) is 24.3. The van der Waals surface area contributed by atoms with Crippen molar-refractivity contribution >= 4 is 27.5 Å². The number of sulfonamides is 1. The maximum absolute atomic E-state index is 12.9. The standard InChI is InChI=1S/C25H31N3O5S/c1-18-11-14-27(15-12-18)23(19-5-9-22(33-2)10-6-19)17-26-25(30)20-3-7-21(8-4-20)28-24(29)13-16-34(28,31)32/h3-10,18,23H,11-17H2,1-2H3,(H,26,30)/t23-/m1/s1. The molecule has 0 saturated carbocycles. The number of amides is 2. The van der Waals surface area contributed by atoms with Crippen LogP contribution in [0.2, 0.25) is 0 Å². The van der Waals surface area contributed by atoms with Crippen molar-refractivity contribution in [1.29, 1.82) is 0 Å². The van der Waals surface area contributed by atoms with E-state index in [0.717, 1.165) is 41.5 Å². The van der Waals surface area contributed by atoms with Crippen molar-refractivity contribution in [3.8, 4) is 5.75 Å². The third-order valence-electron chi connectivity index (χ3n) is 6.66. The van der Waals surface area contributed by atoms with E-state index in [0.29, 0.717) is 18.0 Å². The van der Waals surface area contributed by atoms with Gasteiger partial charge in [0.05, 0.1) is 24.6 Å². The van der Waals surface area contributed by atoms with Crippen molar-refractivity contribution in [1.82, 2.24) is 10.2 Å². The highest BCUT2D eigenvalue weighted by atomic mass is 32.2. The van der Waals surface area contributed by atoms with Gasteiger partial charge in [-0.05, 0) is 73.8 Å². The smallest absolute Gasteiger partial charge is 0.251 e. The van der Waals surface area contributed by atoms with Crippen LogP contribution in [0.1, 0.15) is 48.1 Å². The lowest BCUT2D eigenvalue weighted by Crippen LogP contribution is -2.42. The fraction of sp³-hybridized carbons (Fsp3) is 0.440. The van der Waals surface area contributed by atoms with Crippen LogP contribution in [0.5, 0.6) is 5.75 Å². The molecule has 0 spiro atoms. The zero-order valence-corrected chi connectivity index (χ0v) is 20.4. The molecule has 0 radical (unpaired) electrons. The Bertz CT molecular complexity index is 1120. The second kappa shape index (κ2) is 10.1. The van der Waals surface area contributed by atoms with Crippen molar-refractivity contribution in [2.75, 3.05) is 36.8 Å². The largest absolute Gasteiger partial charge is 0.497 e. The van der Waals surface area contributed by atoms with Gasteiger partial charge in [0.25, 0.3) is 5.91 Å². The highest BCUT2D eigenvalue weighted by Crippen LogP contribution is 2.28. The summed E-state index contributed by atoms with van der Waals surface area (Å²) in [7, 11) is -1.99. The summed E-state index contributed by atoms with van der Waals surface area (Å²) in [5.74, 6) is 0.613. The molecule has 0 aliphatic carbocycles. The zero-order valence-electron chi connectivity index (χ0n) is 19.6. The normalized spacial score (nSPS) is 19.7. The van der Waals surface area contributed by atoms with Crippen LogP contribution < -0.4 is 14.4 Å². The predicted octanol–water partition coefficient (Wildman–Crippen LogP) is 2.96. The molecule has 2 fully saturated rings. The topological polar surface area (TPSA) is 96.0 Å². The van der Waals surface area contributed by atoms with Gasteiger partial charge in [-0.1, -0.05) is 19.1 Å². The third-order valence-corrected chi connectivity index (χ3v) is 8.35. The molecule has 0 aromatic heterocycles. The molecule has 2 amide bonds. The first-order valence-electron chi connectivity index (χ1n) is 11.6. The lowest BCUT2D eigenvalue weighted by atomic mass is 9.95. The molecule has 2 aliphatic rings. The number of methoxy groups -OCH3 is 1. The Balaban J connectivity index is 1.46. The minimum Gasteiger partial charge on any atom is -0.497 e. The van der Waals surface area contributed by atoms with E-state index >= 15 is 0 Å². The number of benzene rings is 2. The number of ether oxygens (including phenoxy) is 1. The first kappa shape index (κ1) is 24.2. The molecule has 4 rings (SSSR count). The van der Waals surface area contributed by atoms with E-state index in [9.17, 15) is 18.0 Å². The molecule has 2 saturated heterocycles. The number of nitrogens with one attached hydrogen (secondary N) is 1. The molecule has 0 unspecified atom stereocenters. The molecule has 34 heavy (non-hydrogen) atoms. The Morgan fingerprint density at radius 1 is 1.09 bits per heavy atom.